The van der Waals surface area contributed by atoms with Gasteiger partial charge in [-0.1, -0.05) is 29.8 Å². The lowest BCUT2D eigenvalue weighted by molar-refractivity contribution is 0.266. The molecule has 0 amide bonds. The standard InChI is InChI=1S/C25H27N7/c1-2-4-20-18(3-1)8-14-32-16-11-27-24(32)23(20)19-6-12-31(13-7-19)15-10-28-25-29-21-5-9-26-17-22(21)30-25/h1-5,9,11,16-17H,6-8,10,12-15H2,(H2,28,29,30). The van der Waals surface area contributed by atoms with Crippen molar-refractivity contribution in [1.29, 1.82) is 0 Å². The molecule has 32 heavy (non-hydrogen) atoms. The van der Waals surface area contributed by atoms with Crippen molar-refractivity contribution in [3.8, 4) is 0 Å². The van der Waals surface area contributed by atoms with Crippen molar-refractivity contribution in [3.63, 3.8) is 0 Å². The van der Waals surface area contributed by atoms with Gasteiger partial charge in [-0.15, -0.1) is 0 Å². The Morgan fingerprint density at radius 3 is 2.81 bits per heavy atom. The molecule has 2 aliphatic rings. The minimum Gasteiger partial charge on any atom is -0.355 e. The molecule has 0 atom stereocenters. The van der Waals surface area contributed by atoms with E-state index in [-0.39, 0.29) is 0 Å². The topological polar surface area (TPSA) is 74.7 Å². The number of H-pyrrole nitrogens is 1. The number of aryl methyl sites for hydroxylation is 2. The van der Waals surface area contributed by atoms with Crippen molar-refractivity contribution in [2.75, 3.05) is 31.5 Å². The van der Waals surface area contributed by atoms with E-state index in [0.717, 1.165) is 74.8 Å². The maximum absolute atomic E-state index is 4.76. The first-order valence-corrected chi connectivity index (χ1v) is 11.4. The highest BCUT2D eigenvalue weighted by molar-refractivity contribution is 5.81. The average Bonchev–Trinajstić information content (AvgIpc) is 3.43. The maximum Gasteiger partial charge on any atom is 0.201 e. The Kier molecular flexibility index (Phi) is 4.96. The minimum atomic E-state index is 0.815. The van der Waals surface area contributed by atoms with Gasteiger partial charge in [0.25, 0.3) is 0 Å². The molecular formula is C25H27N7. The number of benzene rings is 1. The lowest BCUT2D eigenvalue weighted by Gasteiger charge is -2.30. The number of nitrogens with one attached hydrogen (secondary N) is 2. The summed E-state index contributed by atoms with van der Waals surface area (Å²) in [7, 11) is 0. The summed E-state index contributed by atoms with van der Waals surface area (Å²) in [6, 6.07) is 10.8. The minimum absolute atomic E-state index is 0.815. The summed E-state index contributed by atoms with van der Waals surface area (Å²) >= 11 is 0. The Bertz CT molecular complexity index is 1240. The zero-order valence-electron chi connectivity index (χ0n) is 18.1. The van der Waals surface area contributed by atoms with E-state index >= 15 is 0 Å². The molecule has 2 aliphatic heterocycles. The first-order chi connectivity index (χ1) is 15.8. The van der Waals surface area contributed by atoms with E-state index < -0.39 is 0 Å². The molecule has 0 bridgehead atoms. The number of aromatic amines is 1. The predicted octanol–water partition coefficient (Wildman–Crippen LogP) is 3.72. The van der Waals surface area contributed by atoms with Crippen LogP contribution < -0.4 is 5.32 Å². The van der Waals surface area contributed by atoms with Crippen LogP contribution in [0.25, 0.3) is 16.6 Å². The molecule has 1 saturated heterocycles. The molecule has 162 valence electrons. The van der Waals surface area contributed by atoms with Crippen molar-refractivity contribution >= 4 is 22.6 Å². The average molecular weight is 426 g/mol. The second-order valence-corrected chi connectivity index (χ2v) is 8.58. The van der Waals surface area contributed by atoms with Crippen LogP contribution in [0.2, 0.25) is 0 Å². The summed E-state index contributed by atoms with van der Waals surface area (Å²) in [6.07, 6.45) is 10.9. The largest absolute Gasteiger partial charge is 0.355 e. The van der Waals surface area contributed by atoms with Gasteiger partial charge in [-0.25, -0.2) is 9.97 Å². The van der Waals surface area contributed by atoms with Crippen molar-refractivity contribution in [3.05, 3.63) is 77.6 Å². The van der Waals surface area contributed by atoms with E-state index in [0.29, 0.717) is 0 Å². The van der Waals surface area contributed by atoms with Crippen LogP contribution in [-0.4, -0.2) is 55.6 Å². The summed E-state index contributed by atoms with van der Waals surface area (Å²) in [6.45, 7) is 5.02. The molecule has 1 aromatic carbocycles. The second-order valence-electron chi connectivity index (χ2n) is 8.58. The Labute approximate surface area is 187 Å². The zero-order chi connectivity index (χ0) is 21.3. The SMILES string of the molecule is c1ccc2c(c1)CCn1ccnc1C2=C1CCN(CCNc2nc3cnccc3[nH]2)CC1. The molecule has 0 aliphatic carbocycles. The van der Waals surface area contributed by atoms with E-state index in [1.54, 1.807) is 18.0 Å². The van der Waals surface area contributed by atoms with Gasteiger partial charge in [-0.05, 0) is 36.5 Å². The normalized spacial score (nSPS) is 16.6. The third-order valence-corrected chi connectivity index (χ3v) is 6.67. The molecule has 3 aromatic heterocycles. The van der Waals surface area contributed by atoms with Crippen LogP contribution in [0.15, 0.2) is 60.7 Å². The number of hydrogen-bond donors (Lipinski definition) is 2. The number of fused-ring (bicyclic) bond motifs is 3. The van der Waals surface area contributed by atoms with E-state index in [2.05, 4.69) is 60.2 Å². The molecule has 5 heterocycles. The number of piperidine rings is 1. The fourth-order valence-corrected chi connectivity index (χ4v) is 4.98. The summed E-state index contributed by atoms with van der Waals surface area (Å²) in [5.74, 6) is 1.95. The van der Waals surface area contributed by atoms with Crippen molar-refractivity contribution in [2.45, 2.75) is 25.8 Å². The van der Waals surface area contributed by atoms with Gasteiger partial charge in [0, 0.05) is 56.9 Å². The van der Waals surface area contributed by atoms with Crippen LogP contribution in [0, 0.1) is 0 Å². The summed E-state index contributed by atoms with van der Waals surface area (Å²) < 4.78 is 2.32. The smallest absolute Gasteiger partial charge is 0.201 e. The van der Waals surface area contributed by atoms with E-state index in [1.807, 2.05) is 12.3 Å². The quantitative estimate of drug-likeness (QED) is 0.521. The van der Waals surface area contributed by atoms with Crippen LogP contribution in [0.3, 0.4) is 0 Å². The highest BCUT2D eigenvalue weighted by Crippen LogP contribution is 2.35. The fourth-order valence-electron chi connectivity index (χ4n) is 4.98. The fraction of sp³-hybridized carbons (Fsp3) is 0.320. The second kappa shape index (κ2) is 8.24. The van der Waals surface area contributed by atoms with Gasteiger partial charge < -0.3 is 19.8 Å². The van der Waals surface area contributed by atoms with Gasteiger partial charge in [-0.2, -0.15) is 0 Å². The molecule has 4 aromatic rings. The molecule has 0 radical (unpaired) electrons. The van der Waals surface area contributed by atoms with Gasteiger partial charge in [-0.3, -0.25) is 4.98 Å². The van der Waals surface area contributed by atoms with Gasteiger partial charge >= 0.3 is 0 Å². The Hall–Kier alpha value is -3.45. The van der Waals surface area contributed by atoms with Crippen LogP contribution in [0.4, 0.5) is 5.95 Å². The Morgan fingerprint density at radius 1 is 1.00 bits per heavy atom. The summed E-state index contributed by atoms with van der Waals surface area (Å²) in [5, 5.41) is 3.43. The molecule has 7 heteroatoms. The molecule has 0 saturated carbocycles. The number of aromatic nitrogens is 5. The van der Waals surface area contributed by atoms with E-state index in [4.69, 9.17) is 4.98 Å². The van der Waals surface area contributed by atoms with Gasteiger partial charge in [0.15, 0.2) is 0 Å². The number of hydrogen-bond acceptors (Lipinski definition) is 5. The summed E-state index contributed by atoms with van der Waals surface area (Å²) in [4.78, 5) is 19.3. The van der Waals surface area contributed by atoms with Crippen LogP contribution in [0.1, 0.15) is 29.8 Å². The number of nitrogens with zero attached hydrogens (tertiary/aromatic N) is 5. The lowest BCUT2D eigenvalue weighted by atomic mass is 9.90. The van der Waals surface area contributed by atoms with Crippen LogP contribution >= 0.6 is 0 Å². The maximum atomic E-state index is 4.76. The third kappa shape index (κ3) is 3.58. The number of anilines is 1. The van der Waals surface area contributed by atoms with Crippen molar-refractivity contribution < 1.29 is 0 Å². The predicted molar refractivity (Wildman–Crippen MR) is 126 cm³/mol. The molecule has 2 N–H and O–H groups in total. The van der Waals surface area contributed by atoms with Gasteiger partial charge in [0.1, 0.15) is 11.3 Å². The Balaban J connectivity index is 1.15. The van der Waals surface area contributed by atoms with E-state index in [1.165, 1.54) is 16.7 Å². The zero-order valence-corrected chi connectivity index (χ0v) is 18.1. The molecule has 6 rings (SSSR count). The number of imidazole rings is 2. The van der Waals surface area contributed by atoms with Gasteiger partial charge in [0.05, 0.1) is 11.7 Å². The molecule has 1 fully saturated rings. The molecule has 7 nitrogen and oxygen atoms in total. The summed E-state index contributed by atoms with van der Waals surface area (Å²) in [5.41, 5.74) is 7.64. The Morgan fingerprint density at radius 2 is 1.91 bits per heavy atom. The first-order valence-electron chi connectivity index (χ1n) is 11.4. The van der Waals surface area contributed by atoms with Crippen molar-refractivity contribution in [1.82, 2.24) is 29.4 Å². The third-order valence-electron chi connectivity index (χ3n) is 6.67. The lowest BCUT2D eigenvalue weighted by Crippen LogP contribution is -2.35. The monoisotopic (exact) mass is 425 g/mol. The highest BCUT2D eigenvalue weighted by Gasteiger charge is 2.24. The van der Waals surface area contributed by atoms with Gasteiger partial charge in [0.2, 0.25) is 5.95 Å². The number of likely N-dealkylation sites (tertiary alicyclic amines) is 1. The molecule has 0 spiro atoms. The van der Waals surface area contributed by atoms with Crippen LogP contribution in [0.5, 0.6) is 0 Å². The first kappa shape index (κ1) is 19.3. The number of pyridine rings is 1. The molecule has 0 unspecified atom stereocenters. The van der Waals surface area contributed by atoms with E-state index in [9.17, 15) is 0 Å². The highest BCUT2D eigenvalue weighted by atomic mass is 15.2. The number of rotatable bonds is 4. The molecular weight excluding hydrogens is 398 g/mol. The van der Waals surface area contributed by atoms with Crippen molar-refractivity contribution in [2.24, 2.45) is 0 Å². The van der Waals surface area contributed by atoms with Crippen LogP contribution in [-0.2, 0) is 13.0 Å².